The zero-order chi connectivity index (χ0) is 22.7. The summed E-state index contributed by atoms with van der Waals surface area (Å²) >= 11 is 0. The summed E-state index contributed by atoms with van der Waals surface area (Å²) in [6.07, 6.45) is 3.21. The minimum absolute atomic E-state index is 0.285. The second-order valence-electron chi connectivity index (χ2n) is 9.11. The lowest BCUT2D eigenvalue weighted by atomic mass is 9.89. The molecular weight excluding hydrogens is 410 g/mol. The lowest BCUT2D eigenvalue weighted by Crippen LogP contribution is -2.49. The van der Waals surface area contributed by atoms with E-state index in [-0.39, 0.29) is 6.10 Å². The van der Waals surface area contributed by atoms with Gasteiger partial charge in [0.2, 0.25) is 5.79 Å². The minimum atomic E-state index is -0.652. The molecule has 170 valence electrons. The van der Waals surface area contributed by atoms with E-state index in [9.17, 15) is 0 Å². The molecule has 1 unspecified atom stereocenters. The Morgan fingerprint density at radius 2 is 1.61 bits per heavy atom. The highest BCUT2D eigenvalue weighted by Crippen LogP contribution is 2.39. The largest absolute Gasteiger partial charge is 0.382 e. The van der Waals surface area contributed by atoms with Gasteiger partial charge in [0.25, 0.3) is 0 Å². The van der Waals surface area contributed by atoms with Crippen molar-refractivity contribution < 1.29 is 14.5 Å². The number of anilines is 1. The first-order valence-corrected chi connectivity index (χ1v) is 11.8. The summed E-state index contributed by atoms with van der Waals surface area (Å²) in [6.45, 7) is 6.74. The van der Waals surface area contributed by atoms with Crippen LogP contribution in [0.15, 0.2) is 85.4 Å². The van der Waals surface area contributed by atoms with Crippen LogP contribution in [0.1, 0.15) is 36.8 Å². The highest BCUT2D eigenvalue weighted by Gasteiger charge is 2.43. The quantitative estimate of drug-likeness (QED) is 0.443. The van der Waals surface area contributed by atoms with Crippen molar-refractivity contribution in [3.8, 4) is 11.1 Å². The first-order chi connectivity index (χ1) is 16.1. The molecule has 2 aliphatic rings. The van der Waals surface area contributed by atoms with Crippen molar-refractivity contribution in [2.24, 2.45) is 0 Å². The maximum Gasteiger partial charge on any atom is 0.201 e. The molecule has 3 aromatic rings. The van der Waals surface area contributed by atoms with Crippen molar-refractivity contribution in [1.82, 2.24) is 0 Å². The molecule has 0 radical (unpaired) electrons. The Morgan fingerprint density at radius 1 is 0.909 bits per heavy atom. The summed E-state index contributed by atoms with van der Waals surface area (Å²) in [5, 5.41) is 3.76. The van der Waals surface area contributed by atoms with Gasteiger partial charge in [0, 0.05) is 30.1 Å². The number of rotatable bonds is 5. The standard InChI is InChI=1S/C29H31NO3/c1-21-12-14-23(15-13-21)22(2)28-20-31-29(33-32-28)18-16-25(17-19-29)30-27-11-7-6-10-26(27)24-8-4-3-5-9-24/h3-15,25,28,30H,2,16-20H2,1H3. The van der Waals surface area contributed by atoms with Gasteiger partial charge in [-0.15, -0.1) is 0 Å². The maximum atomic E-state index is 6.24. The van der Waals surface area contributed by atoms with Crippen LogP contribution in [-0.2, 0) is 14.5 Å². The number of hydrogen-bond acceptors (Lipinski definition) is 4. The van der Waals surface area contributed by atoms with Crippen LogP contribution in [0.25, 0.3) is 16.7 Å². The van der Waals surface area contributed by atoms with Crippen LogP contribution in [0, 0.1) is 6.92 Å². The molecule has 1 aliphatic carbocycles. The van der Waals surface area contributed by atoms with Crippen molar-refractivity contribution >= 4 is 11.3 Å². The second kappa shape index (κ2) is 9.52. The summed E-state index contributed by atoms with van der Waals surface area (Å²) in [5.41, 5.74) is 6.78. The zero-order valence-electron chi connectivity index (χ0n) is 19.1. The molecule has 0 bridgehead atoms. The fourth-order valence-electron chi connectivity index (χ4n) is 4.67. The topological polar surface area (TPSA) is 39.7 Å². The number of ether oxygens (including phenoxy) is 1. The molecule has 1 N–H and O–H groups in total. The monoisotopic (exact) mass is 441 g/mol. The lowest BCUT2D eigenvalue weighted by Gasteiger charge is -2.43. The van der Waals surface area contributed by atoms with Crippen LogP contribution in [0.5, 0.6) is 0 Å². The summed E-state index contributed by atoms with van der Waals surface area (Å²) in [6, 6.07) is 27.7. The fraction of sp³-hybridized carbons (Fsp3) is 0.310. The Labute approximate surface area is 196 Å². The normalized spacial score (nSPS) is 25.0. The van der Waals surface area contributed by atoms with E-state index in [1.54, 1.807) is 0 Å². The first kappa shape index (κ1) is 21.9. The Morgan fingerprint density at radius 3 is 2.30 bits per heavy atom. The number of benzene rings is 3. The Balaban J connectivity index is 1.17. The molecule has 1 saturated carbocycles. The maximum absolute atomic E-state index is 6.24. The van der Waals surface area contributed by atoms with Crippen LogP contribution in [0.3, 0.4) is 0 Å². The molecule has 1 saturated heterocycles. The van der Waals surface area contributed by atoms with Crippen LogP contribution in [0.2, 0.25) is 0 Å². The third-order valence-corrected chi connectivity index (χ3v) is 6.74. The van der Waals surface area contributed by atoms with E-state index in [1.165, 1.54) is 22.4 Å². The van der Waals surface area contributed by atoms with Gasteiger partial charge in [-0.1, -0.05) is 84.9 Å². The summed E-state index contributed by atoms with van der Waals surface area (Å²) < 4.78 is 6.24. The van der Waals surface area contributed by atoms with Crippen molar-refractivity contribution in [1.29, 1.82) is 0 Å². The van der Waals surface area contributed by atoms with Crippen molar-refractivity contribution in [3.05, 3.63) is 96.6 Å². The third kappa shape index (κ3) is 4.88. The molecule has 1 spiro atoms. The van der Waals surface area contributed by atoms with E-state index in [0.717, 1.165) is 36.8 Å². The van der Waals surface area contributed by atoms with Gasteiger partial charge in [-0.05, 0) is 42.5 Å². The van der Waals surface area contributed by atoms with E-state index < -0.39 is 5.79 Å². The van der Waals surface area contributed by atoms with E-state index in [4.69, 9.17) is 14.5 Å². The highest BCUT2D eigenvalue weighted by atomic mass is 17.2. The number of aryl methyl sites for hydroxylation is 1. The van der Waals surface area contributed by atoms with E-state index in [2.05, 4.69) is 91.6 Å². The van der Waals surface area contributed by atoms with Crippen LogP contribution >= 0.6 is 0 Å². The predicted octanol–water partition coefficient (Wildman–Crippen LogP) is 6.77. The smallest absolute Gasteiger partial charge is 0.201 e. The molecule has 0 amide bonds. The van der Waals surface area contributed by atoms with Gasteiger partial charge in [0.05, 0.1) is 6.61 Å². The molecule has 2 fully saturated rings. The Kier molecular flexibility index (Phi) is 6.32. The zero-order valence-corrected chi connectivity index (χ0v) is 19.1. The van der Waals surface area contributed by atoms with Gasteiger partial charge in [0.15, 0.2) is 0 Å². The summed E-state index contributed by atoms with van der Waals surface area (Å²) in [7, 11) is 0. The average molecular weight is 442 g/mol. The molecule has 1 aliphatic heterocycles. The lowest BCUT2D eigenvalue weighted by molar-refractivity contribution is -0.483. The molecular formula is C29H31NO3. The minimum Gasteiger partial charge on any atom is -0.382 e. The number of para-hydroxylation sites is 1. The van der Waals surface area contributed by atoms with Gasteiger partial charge < -0.3 is 10.1 Å². The van der Waals surface area contributed by atoms with E-state index in [0.29, 0.717) is 12.6 Å². The average Bonchev–Trinajstić information content (AvgIpc) is 2.87. The Hall–Kier alpha value is -2.92. The molecule has 1 heterocycles. The molecule has 4 heteroatoms. The molecule has 1 atom stereocenters. The fourth-order valence-corrected chi connectivity index (χ4v) is 4.67. The van der Waals surface area contributed by atoms with Crippen molar-refractivity contribution in [2.45, 2.75) is 50.5 Å². The van der Waals surface area contributed by atoms with Crippen LogP contribution in [-0.4, -0.2) is 24.5 Å². The van der Waals surface area contributed by atoms with Crippen molar-refractivity contribution in [3.63, 3.8) is 0 Å². The van der Waals surface area contributed by atoms with E-state index >= 15 is 0 Å². The third-order valence-electron chi connectivity index (χ3n) is 6.74. The van der Waals surface area contributed by atoms with Crippen LogP contribution in [0.4, 0.5) is 5.69 Å². The number of nitrogens with one attached hydrogen (secondary N) is 1. The molecule has 3 aromatic carbocycles. The molecule has 4 nitrogen and oxygen atoms in total. The highest BCUT2D eigenvalue weighted by molar-refractivity contribution is 5.78. The molecule has 0 aromatic heterocycles. The summed E-state index contributed by atoms with van der Waals surface area (Å²) in [4.78, 5) is 11.7. The van der Waals surface area contributed by atoms with Gasteiger partial charge in [0.1, 0.15) is 6.10 Å². The van der Waals surface area contributed by atoms with Gasteiger partial charge in [-0.2, -0.15) is 0 Å². The van der Waals surface area contributed by atoms with Gasteiger partial charge in [-0.3, -0.25) is 0 Å². The number of hydrogen-bond donors (Lipinski definition) is 1. The van der Waals surface area contributed by atoms with Gasteiger partial charge in [-0.25, -0.2) is 9.78 Å². The van der Waals surface area contributed by atoms with Crippen LogP contribution < -0.4 is 5.32 Å². The molecule has 5 rings (SSSR count). The van der Waals surface area contributed by atoms with Gasteiger partial charge >= 0.3 is 0 Å². The predicted molar refractivity (Wildman–Crippen MR) is 133 cm³/mol. The molecule has 33 heavy (non-hydrogen) atoms. The summed E-state index contributed by atoms with van der Waals surface area (Å²) in [5.74, 6) is -0.652. The SMILES string of the molecule is C=C(c1ccc(C)cc1)C1COC2(CCC(Nc3ccccc3-c3ccccc3)CC2)OO1. The first-order valence-electron chi connectivity index (χ1n) is 11.8. The second-order valence-corrected chi connectivity index (χ2v) is 9.11. The Bertz CT molecular complexity index is 1080. The van der Waals surface area contributed by atoms with E-state index in [1.807, 2.05) is 6.07 Å². The van der Waals surface area contributed by atoms with Crippen molar-refractivity contribution in [2.75, 3.05) is 11.9 Å².